The number of carbonyl (C=O) groups is 1. The Morgan fingerprint density at radius 3 is 2.42 bits per heavy atom. The van der Waals surface area contributed by atoms with Crippen molar-refractivity contribution in [2.24, 2.45) is 0 Å². The van der Waals surface area contributed by atoms with Gasteiger partial charge in [-0.15, -0.1) is 13.2 Å². The smallest absolute Gasteiger partial charge is 0.450 e. The maximum absolute atomic E-state index is 12.1. The Balaban J connectivity index is 1.93. The van der Waals surface area contributed by atoms with Gasteiger partial charge in [-0.05, 0) is 42.8 Å². The van der Waals surface area contributed by atoms with Gasteiger partial charge in [0.15, 0.2) is 0 Å². The van der Waals surface area contributed by atoms with Gasteiger partial charge in [0, 0.05) is 12.2 Å². The Hall–Kier alpha value is -3.10. The van der Waals surface area contributed by atoms with Gasteiger partial charge in [0.1, 0.15) is 5.75 Å². The van der Waals surface area contributed by atoms with E-state index in [2.05, 4.69) is 15.4 Å². The molecule has 0 spiro atoms. The number of benzene rings is 2. The van der Waals surface area contributed by atoms with Crippen LogP contribution < -0.4 is 21.1 Å². The van der Waals surface area contributed by atoms with Crippen LogP contribution in [0.25, 0.3) is 0 Å². The van der Waals surface area contributed by atoms with Gasteiger partial charge >= 0.3 is 12.5 Å². The van der Waals surface area contributed by atoms with Crippen molar-refractivity contribution < 1.29 is 27.4 Å². The molecule has 2 aromatic carbocycles. The van der Waals surface area contributed by atoms with Gasteiger partial charge in [-0.1, -0.05) is 12.1 Å². The Bertz CT molecular complexity index is 749. The minimum atomic E-state index is -4.71. The number of nitrogens with two attached hydrogens (primary N) is 1. The van der Waals surface area contributed by atoms with Gasteiger partial charge in [-0.2, -0.15) is 0 Å². The van der Waals surface area contributed by atoms with Crippen LogP contribution in [-0.4, -0.2) is 19.1 Å². The lowest BCUT2D eigenvalue weighted by Gasteiger charge is -2.12. The fraction of sp³-hybridized carbons (Fsp3) is 0.235. The molecule has 0 aliphatic carbocycles. The van der Waals surface area contributed by atoms with Crippen molar-refractivity contribution in [3.8, 4) is 5.75 Å². The molecule has 0 saturated carbocycles. The predicted octanol–water partition coefficient (Wildman–Crippen LogP) is 4.35. The van der Waals surface area contributed by atoms with Crippen LogP contribution in [-0.2, 0) is 11.3 Å². The third-order valence-electron chi connectivity index (χ3n) is 3.22. The number of hydrogen-bond acceptors (Lipinski definition) is 5. The molecule has 140 valence electrons. The second-order valence-electron chi connectivity index (χ2n) is 5.19. The molecule has 6 nitrogen and oxygen atoms in total. The maximum Gasteiger partial charge on any atom is 0.573 e. The number of nitrogens with one attached hydrogen (secondary N) is 2. The molecule has 0 aliphatic rings. The highest BCUT2D eigenvalue weighted by Crippen LogP contribution is 2.25. The summed E-state index contributed by atoms with van der Waals surface area (Å²) in [5.74, 6) is -0.278. The Kier molecular flexibility index (Phi) is 6.16. The molecule has 9 heteroatoms. The lowest BCUT2D eigenvalue weighted by atomic mass is 10.2. The summed E-state index contributed by atoms with van der Waals surface area (Å²) < 4.78 is 45.0. The summed E-state index contributed by atoms with van der Waals surface area (Å²) >= 11 is 0. The highest BCUT2D eigenvalue weighted by atomic mass is 19.4. The van der Waals surface area contributed by atoms with Crippen LogP contribution in [0.2, 0.25) is 0 Å². The van der Waals surface area contributed by atoms with Crippen molar-refractivity contribution in [2.45, 2.75) is 19.8 Å². The fourth-order valence-electron chi connectivity index (χ4n) is 2.08. The number of halogens is 3. The predicted molar refractivity (Wildman–Crippen MR) is 92.0 cm³/mol. The fourth-order valence-corrected chi connectivity index (χ4v) is 2.08. The molecule has 0 fully saturated rings. The molecule has 0 bridgehead atoms. The molecule has 4 N–H and O–H groups in total. The number of alkyl halides is 3. The van der Waals surface area contributed by atoms with E-state index in [9.17, 15) is 18.0 Å². The highest BCUT2D eigenvalue weighted by Gasteiger charge is 2.30. The summed E-state index contributed by atoms with van der Waals surface area (Å²) in [6, 6.07) is 10.5. The van der Waals surface area contributed by atoms with E-state index < -0.39 is 12.5 Å². The van der Waals surface area contributed by atoms with Crippen LogP contribution >= 0.6 is 0 Å². The molecule has 0 saturated heterocycles. The quantitative estimate of drug-likeness (QED) is 0.659. The lowest BCUT2D eigenvalue weighted by molar-refractivity contribution is -0.274. The maximum atomic E-state index is 12.1. The number of nitrogen functional groups attached to an aromatic ring is 1. The molecule has 2 rings (SSSR count). The second kappa shape index (κ2) is 8.32. The molecule has 0 unspecified atom stereocenters. The minimum Gasteiger partial charge on any atom is -0.450 e. The zero-order valence-electron chi connectivity index (χ0n) is 13.9. The molecule has 0 aromatic heterocycles. The van der Waals surface area contributed by atoms with Gasteiger partial charge in [0.25, 0.3) is 0 Å². The van der Waals surface area contributed by atoms with Crippen molar-refractivity contribution in [3.05, 3.63) is 48.0 Å². The topological polar surface area (TPSA) is 85.6 Å². The van der Waals surface area contributed by atoms with E-state index in [1.54, 1.807) is 25.1 Å². The molecule has 0 radical (unpaired) electrons. The average Bonchev–Trinajstić information content (AvgIpc) is 2.55. The molecular weight excluding hydrogens is 351 g/mol. The van der Waals surface area contributed by atoms with E-state index in [4.69, 9.17) is 10.5 Å². The standard InChI is InChI=1S/C17H18F3N3O3/c1-2-25-16(24)23-15-8-5-12(9-14(15)21)22-10-11-3-6-13(7-4-11)26-17(18,19)20/h3-9,22H,2,10,21H2,1H3,(H,23,24). The molecule has 2 aromatic rings. The number of carbonyl (C=O) groups excluding carboxylic acids is 1. The SMILES string of the molecule is CCOC(=O)Nc1ccc(NCc2ccc(OC(F)(F)F)cc2)cc1N. The van der Waals surface area contributed by atoms with Crippen molar-refractivity contribution in [1.29, 1.82) is 0 Å². The van der Waals surface area contributed by atoms with E-state index in [1.165, 1.54) is 24.3 Å². The van der Waals surface area contributed by atoms with Crippen LogP contribution in [0, 0.1) is 0 Å². The van der Waals surface area contributed by atoms with Crippen molar-refractivity contribution in [1.82, 2.24) is 0 Å². The minimum absolute atomic E-state index is 0.248. The monoisotopic (exact) mass is 369 g/mol. The summed E-state index contributed by atoms with van der Waals surface area (Å²) in [4.78, 5) is 11.4. The zero-order valence-corrected chi connectivity index (χ0v) is 13.9. The summed E-state index contributed by atoms with van der Waals surface area (Å²) in [6.45, 7) is 2.31. The van der Waals surface area contributed by atoms with Crippen LogP contribution in [0.1, 0.15) is 12.5 Å². The molecule has 0 aliphatic heterocycles. The van der Waals surface area contributed by atoms with Gasteiger partial charge < -0.3 is 20.5 Å². The molecular formula is C17H18F3N3O3. The Labute approximate surface area is 148 Å². The molecule has 1 amide bonds. The summed E-state index contributed by atoms with van der Waals surface area (Å²) in [5, 5.41) is 5.61. The Morgan fingerprint density at radius 1 is 1.15 bits per heavy atom. The van der Waals surface area contributed by atoms with E-state index >= 15 is 0 Å². The summed E-state index contributed by atoms with van der Waals surface area (Å²) in [5.41, 5.74) is 8.09. The van der Waals surface area contributed by atoms with Gasteiger partial charge in [0.2, 0.25) is 0 Å². The van der Waals surface area contributed by atoms with Gasteiger partial charge in [-0.3, -0.25) is 5.32 Å². The highest BCUT2D eigenvalue weighted by molar-refractivity contribution is 5.89. The largest absolute Gasteiger partial charge is 0.573 e. The van der Waals surface area contributed by atoms with Crippen LogP contribution in [0.5, 0.6) is 5.75 Å². The van der Waals surface area contributed by atoms with Crippen molar-refractivity contribution >= 4 is 23.2 Å². The molecule has 0 atom stereocenters. The summed E-state index contributed by atoms with van der Waals surface area (Å²) in [7, 11) is 0. The van der Waals surface area contributed by atoms with E-state index in [1.807, 2.05) is 0 Å². The third kappa shape index (κ3) is 6.08. The molecule has 26 heavy (non-hydrogen) atoms. The first-order chi connectivity index (χ1) is 12.3. The third-order valence-corrected chi connectivity index (χ3v) is 3.22. The van der Waals surface area contributed by atoms with Gasteiger partial charge in [0.05, 0.1) is 18.0 Å². The van der Waals surface area contributed by atoms with Crippen LogP contribution in [0.4, 0.5) is 35.0 Å². The normalized spacial score (nSPS) is 10.9. The van der Waals surface area contributed by atoms with Crippen LogP contribution in [0.15, 0.2) is 42.5 Å². The number of amides is 1. The van der Waals surface area contributed by atoms with Crippen molar-refractivity contribution in [2.75, 3.05) is 23.0 Å². The van der Waals surface area contributed by atoms with Crippen LogP contribution in [0.3, 0.4) is 0 Å². The van der Waals surface area contributed by atoms with E-state index in [0.29, 0.717) is 23.6 Å². The number of anilines is 3. The summed E-state index contributed by atoms with van der Waals surface area (Å²) in [6.07, 6.45) is -5.31. The first-order valence-corrected chi connectivity index (χ1v) is 7.68. The Morgan fingerprint density at radius 2 is 1.85 bits per heavy atom. The average molecular weight is 369 g/mol. The molecule has 0 heterocycles. The zero-order chi connectivity index (χ0) is 19.2. The first kappa shape index (κ1) is 19.2. The van der Waals surface area contributed by atoms with E-state index in [-0.39, 0.29) is 12.4 Å². The number of ether oxygens (including phenoxy) is 2. The number of hydrogen-bond donors (Lipinski definition) is 3. The second-order valence-corrected chi connectivity index (χ2v) is 5.19. The first-order valence-electron chi connectivity index (χ1n) is 7.68. The lowest BCUT2D eigenvalue weighted by Crippen LogP contribution is -2.17. The number of rotatable bonds is 6. The van der Waals surface area contributed by atoms with Crippen molar-refractivity contribution in [3.63, 3.8) is 0 Å². The van der Waals surface area contributed by atoms with E-state index in [0.717, 1.165) is 5.56 Å². The van der Waals surface area contributed by atoms with Gasteiger partial charge in [-0.25, -0.2) is 4.79 Å².